The topological polar surface area (TPSA) is 26.0 Å². The second kappa shape index (κ2) is 12.8. The van der Waals surface area contributed by atoms with Crippen molar-refractivity contribution in [2.75, 3.05) is 6.54 Å². The Labute approximate surface area is 76.7 Å². The molecule has 0 aliphatic rings. The smallest absolute Gasteiger partial charge is 0.00367 e. The molecule has 70 valence electrons. The lowest BCUT2D eigenvalue weighted by Gasteiger charge is -1.95. The van der Waals surface area contributed by atoms with Gasteiger partial charge >= 0.3 is 0 Å². The Morgan fingerprint density at radius 1 is 1.42 bits per heavy atom. The summed E-state index contributed by atoms with van der Waals surface area (Å²) in [6, 6.07) is 0. The maximum atomic E-state index is 5.38. The first kappa shape index (κ1) is 13.7. The monoisotopic (exact) mass is 167 g/mol. The van der Waals surface area contributed by atoms with Gasteiger partial charge in [0.25, 0.3) is 0 Å². The first-order chi connectivity index (χ1) is 5.85. The number of hydrogen-bond donors (Lipinski definition) is 1. The molecule has 0 aromatic rings. The van der Waals surface area contributed by atoms with Crippen LogP contribution < -0.4 is 5.73 Å². The van der Waals surface area contributed by atoms with Crippen LogP contribution >= 0.6 is 0 Å². The van der Waals surface area contributed by atoms with Gasteiger partial charge in [0, 0.05) is 0 Å². The van der Waals surface area contributed by atoms with Crippen molar-refractivity contribution < 1.29 is 0 Å². The predicted molar refractivity (Wildman–Crippen MR) is 58.1 cm³/mol. The van der Waals surface area contributed by atoms with Gasteiger partial charge in [-0.05, 0) is 25.5 Å². The summed E-state index contributed by atoms with van der Waals surface area (Å²) in [5.74, 6) is 0. The third kappa shape index (κ3) is 9.18. The van der Waals surface area contributed by atoms with Gasteiger partial charge in [-0.25, -0.2) is 0 Å². The van der Waals surface area contributed by atoms with Gasteiger partial charge in [-0.3, -0.25) is 0 Å². The van der Waals surface area contributed by atoms with Crippen LogP contribution in [0.4, 0.5) is 0 Å². The molecule has 0 aliphatic heterocycles. The molecule has 2 N–H and O–H groups in total. The van der Waals surface area contributed by atoms with E-state index in [1.807, 2.05) is 32.9 Å². The van der Waals surface area contributed by atoms with E-state index in [1.54, 1.807) is 6.08 Å². The molecular formula is C11H21N. The van der Waals surface area contributed by atoms with E-state index in [-0.39, 0.29) is 0 Å². The van der Waals surface area contributed by atoms with Gasteiger partial charge in [-0.1, -0.05) is 44.7 Å². The zero-order valence-corrected chi connectivity index (χ0v) is 8.51. The maximum Gasteiger partial charge on any atom is -0.00367 e. The van der Waals surface area contributed by atoms with Crippen molar-refractivity contribution in [1.29, 1.82) is 0 Å². The van der Waals surface area contributed by atoms with Crippen LogP contribution in [0.1, 0.15) is 27.2 Å². The number of allylic oxidation sites excluding steroid dienone is 4. The van der Waals surface area contributed by atoms with Crippen molar-refractivity contribution in [2.24, 2.45) is 5.73 Å². The predicted octanol–water partition coefficient (Wildman–Crippen LogP) is 3.05. The van der Waals surface area contributed by atoms with Crippen LogP contribution in [0.3, 0.4) is 0 Å². The fourth-order valence-corrected chi connectivity index (χ4v) is 0.754. The van der Waals surface area contributed by atoms with Gasteiger partial charge in [0.1, 0.15) is 0 Å². The van der Waals surface area contributed by atoms with Gasteiger partial charge in [0.2, 0.25) is 0 Å². The van der Waals surface area contributed by atoms with Crippen LogP contribution in [0.25, 0.3) is 0 Å². The van der Waals surface area contributed by atoms with Crippen LogP contribution in [0, 0.1) is 0 Å². The summed E-state index contributed by atoms with van der Waals surface area (Å²) in [4.78, 5) is 0. The van der Waals surface area contributed by atoms with Crippen LogP contribution in [-0.2, 0) is 0 Å². The maximum absolute atomic E-state index is 5.38. The van der Waals surface area contributed by atoms with Crippen molar-refractivity contribution in [3.8, 4) is 0 Å². The summed E-state index contributed by atoms with van der Waals surface area (Å²) in [5.41, 5.74) is 6.62. The van der Waals surface area contributed by atoms with Crippen molar-refractivity contribution >= 4 is 0 Å². The molecule has 0 aromatic carbocycles. The van der Waals surface area contributed by atoms with E-state index in [2.05, 4.69) is 12.7 Å². The lowest BCUT2D eigenvalue weighted by Crippen LogP contribution is -1.98. The molecule has 0 spiro atoms. The van der Waals surface area contributed by atoms with E-state index in [0.29, 0.717) is 6.54 Å². The summed E-state index contributed by atoms with van der Waals surface area (Å²) in [5, 5.41) is 0. The molecule has 0 amide bonds. The fraction of sp³-hybridized carbons (Fsp3) is 0.455. The lowest BCUT2D eigenvalue weighted by atomic mass is 10.1. The van der Waals surface area contributed by atoms with Crippen molar-refractivity contribution in [1.82, 2.24) is 0 Å². The minimum atomic E-state index is 0.698. The molecule has 0 saturated heterocycles. The molecule has 1 heteroatoms. The average molecular weight is 167 g/mol. The molecular weight excluding hydrogens is 146 g/mol. The van der Waals surface area contributed by atoms with Crippen LogP contribution in [0.5, 0.6) is 0 Å². The van der Waals surface area contributed by atoms with E-state index in [0.717, 1.165) is 6.42 Å². The number of hydrogen-bond acceptors (Lipinski definition) is 1. The minimum absolute atomic E-state index is 0.698. The van der Waals surface area contributed by atoms with Crippen molar-refractivity contribution in [3.63, 3.8) is 0 Å². The molecule has 1 nitrogen and oxygen atoms in total. The summed E-state index contributed by atoms with van der Waals surface area (Å²) in [6.07, 6.45) is 8.74. The Hall–Kier alpha value is -0.820. The third-order valence-electron chi connectivity index (χ3n) is 1.15. The van der Waals surface area contributed by atoms with E-state index < -0.39 is 0 Å². The number of nitrogens with two attached hydrogens (primary N) is 1. The van der Waals surface area contributed by atoms with Gasteiger partial charge in [0.15, 0.2) is 0 Å². The highest BCUT2D eigenvalue weighted by atomic mass is 14.5. The lowest BCUT2D eigenvalue weighted by molar-refractivity contribution is 0.973. The molecule has 0 rings (SSSR count). The first-order valence-corrected chi connectivity index (χ1v) is 4.49. The summed E-state index contributed by atoms with van der Waals surface area (Å²) in [6.45, 7) is 10.3. The minimum Gasteiger partial charge on any atom is -0.330 e. The summed E-state index contributed by atoms with van der Waals surface area (Å²) < 4.78 is 0. The quantitative estimate of drug-likeness (QED) is 0.640. The van der Waals surface area contributed by atoms with Crippen LogP contribution in [0.15, 0.2) is 36.5 Å². The van der Waals surface area contributed by atoms with E-state index in [1.165, 1.54) is 5.57 Å². The molecule has 0 aromatic heterocycles. The highest BCUT2D eigenvalue weighted by Gasteiger charge is 1.85. The van der Waals surface area contributed by atoms with Crippen LogP contribution in [0.2, 0.25) is 0 Å². The van der Waals surface area contributed by atoms with Gasteiger partial charge in [-0.2, -0.15) is 0 Å². The Morgan fingerprint density at radius 3 is 2.33 bits per heavy atom. The SMILES string of the molecule is C=C/C=C(\C=C/C)CCN.CC. The Balaban J connectivity index is 0. The molecule has 0 bridgehead atoms. The number of rotatable bonds is 4. The molecule has 0 heterocycles. The zero-order chi connectivity index (χ0) is 9.82. The van der Waals surface area contributed by atoms with E-state index in [9.17, 15) is 0 Å². The normalized spacial score (nSPS) is 10.8. The van der Waals surface area contributed by atoms with Crippen molar-refractivity contribution in [3.05, 3.63) is 36.5 Å². The largest absolute Gasteiger partial charge is 0.330 e. The van der Waals surface area contributed by atoms with E-state index >= 15 is 0 Å². The third-order valence-corrected chi connectivity index (χ3v) is 1.15. The Kier molecular flexibility index (Phi) is 14.7. The van der Waals surface area contributed by atoms with Gasteiger partial charge in [0.05, 0.1) is 0 Å². The summed E-state index contributed by atoms with van der Waals surface area (Å²) >= 11 is 0. The molecule has 0 unspecified atom stereocenters. The highest BCUT2D eigenvalue weighted by molar-refractivity contribution is 5.22. The molecule has 0 fully saturated rings. The van der Waals surface area contributed by atoms with Crippen LogP contribution in [-0.4, -0.2) is 6.54 Å². The molecule has 0 radical (unpaired) electrons. The first-order valence-electron chi connectivity index (χ1n) is 4.49. The van der Waals surface area contributed by atoms with Crippen molar-refractivity contribution in [2.45, 2.75) is 27.2 Å². The summed E-state index contributed by atoms with van der Waals surface area (Å²) in [7, 11) is 0. The Morgan fingerprint density at radius 2 is 2.00 bits per heavy atom. The zero-order valence-electron chi connectivity index (χ0n) is 8.51. The van der Waals surface area contributed by atoms with Gasteiger partial charge < -0.3 is 5.73 Å². The molecule has 12 heavy (non-hydrogen) atoms. The van der Waals surface area contributed by atoms with E-state index in [4.69, 9.17) is 5.73 Å². The second-order valence-electron chi connectivity index (χ2n) is 2.02. The Bertz CT molecular complexity index is 143. The highest BCUT2D eigenvalue weighted by Crippen LogP contribution is 2.01. The molecule has 0 atom stereocenters. The average Bonchev–Trinajstić information content (AvgIpc) is 2.10. The molecule has 0 saturated carbocycles. The fourth-order valence-electron chi connectivity index (χ4n) is 0.754. The molecule has 0 aliphatic carbocycles. The standard InChI is InChI=1S/C9H15N.C2H6/c1-3-5-9(6-4-2)7-8-10;1-2/h3-6H,1,7-8,10H2,2H3;1-2H3/b6-4-,9-5+;. The van der Waals surface area contributed by atoms with Gasteiger partial charge in [-0.15, -0.1) is 0 Å². The second-order valence-corrected chi connectivity index (χ2v) is 2.02.